The molecule has 0 atom stereocenters. The van der Waals surface area contributed by atoms with Gasteiger partial charge in [0.25, 0.3) is 0 Å². The molecule has 0 aliphatic carbocycles. The third-order valence-corrected chi connectivity index (χ3v) is 13.1. The lowest BCUT2D eigenvalue weighted by molar-refractivity contribution is 0.347. The second kappa shape index (κ2) is 13.9. The quantitative estimate of drug-likeness (QED) is 0.0979. The number of rotatable bonds is 16. The molecule has 0 aliphatic rings. The van der Waals surface area contributed by atoms with Gasteiger partial charge < -0.3 is 35.1 Å². The Morgan fingerprint density at radius 3 is 1.00 bits per heavy atom. The van der Waals surface area contributed by atoms with E-state index < -0.39 is 8.32 Å². The van der Waals surface area contributed by atoms with Crippen molar-refractivity contribution >= 4 is 8.32 Å². The van der Waals surface area contributed by atoms with Crippen molar-refractivity contribution in [2.24, 2.45) is 0 Å². The molecular weight excluding hydrogens is 554 g/mol. The summed E-state index contributed by atoms with van der Waals surface area (Å²) >= 11 is 0. The van der Waals surface area contributed by atoms with Gasteiger partial charge in [0.2, 0.25) is 0 Å². The van der Waals surface area contributed by atoms with Crippen molar-refractivity contribution in [3.05, 3.63) is 34.9 Å². The summed E-state index contributed by atoms with van der Waals surface area (Å²) in [6.45, 7) is 11.5. The largest absolute Gasteiger partial charge is 0.494 e. The Labute approximate surface area is 250 Å². The van der Waals surface area contributed by atoms with E-state index in [0.29, 0.717) is 36.0 Å². The first-order valence-electron chi connectivity index (χ1n) is 15.1. The lowest BCUT2D eigenvalue weighted by Crippen LogP contribution is -2.37. The molecule has 0 aromatic carbocycles. The van der Waals surface area contributed by atoms with E-state index in [1.54, 1.807) is 25.3 Å². The molecule has 0 radical (unpaired) electrons. The van der Waals surface area contributed by atoms with E-state index >= 15 is 0 Å². The van der Waals surface area contributed by atoms with Crippen LogP contribution in [0.1, 0.15) is 95.6 Å². The molecule has 0 bridgehead atoms. The van der Waals surface area contributed by atoms with Gasteiger partial charge in [0, 0.05) is 60.1 Å². The minimum absolute atomic E-state index is 0.0561. The van der Waals surface area contributed by atoms with Crippen molar-refractivity contribution in [3.8, 4) is 35.3 Å². The van der Waals surface area contributed by atoms with E-state index in [4.69, 9.17) is 4.43 Å². The molecule has 0 aliphatic heterocycles. The fraction of sp³-hybridized carbons (Fsp3) is 0.613. The molecule has 3 aromatic heterocycles. The standard InChI is InChI=1S/C31H51N3O7Si/c1-20(2)32-26(35)17-23(29(32)38)11-8-14-42(41-7,15-9-12-24-18-27(36)33(21(3)4)30(24)39)16-10-13-25-19-28(37)34(22(5)6)31(25)40/h17-22,35-40H,8-16H2,1-7H3. The minimum Gasteiger partial charge on any atom is -0.494 e. The number of hydrogen-bond acceptors (Lipinski definition) is 7. The van der Waals surface area contributed by atoms with Crippen molar-refractivity contribution in [3.63, 3.8) is 0 Å². The highest BCUT2D eigenvalue weighted by atomic mass is 28.4. The summed E-state index contributed by atoms with van der Waals surface area (Å²) in [4.78, 5) is 0. The normalized spacial score (nSPS) is 12.4. The summed E-state index contributed by atoms with van der Waals surface area (Å²) in [7, 11) is -0.556. The van der Waals surface area contributed by atoms with Gasteiger partial charge in [0.1, 0.15) is 0 Å². The van der Waals surface area contributed by atoms with Crippen molar-refractivity contribution in [2.45, 2.75) is 116 Å². The molecule has 3 aromatic rings. The Kier molecular flexibility index (Phi) is 11.0. The van der Waals surface area contributed by atoms with E-state index in [0.717, 1.165) is 37.4 Å². The maximum Gasteiger partial charge on any atom is 0.197 e. The predicted molar refractivity (Wildman–Crippen MR) is 167 cm³/mol. The fourth-order valence-electron chi connectivity index (χ4n) is 6.22. The third kappa shape index (κ3) is 7.23. The average molecular weight is 606 g/mol. The van der Waals surface area contributed by atoms with Crippen LogP contribution in [0.25, 0.3) is 0 Å². The van der Waals surface area contributed by atoms with Crippen LogP contribution in [0.3, 0.4) is 0 Å². The maximum atomic E-state index is 10.7. The topological polar surface area (TPSA) is 145 Å². The average Bonchev–Trinajstić information content (AvgIpc) is 3.46. The monoisotopic (exact) mass is 605 g/mol. The molecule has 0 saturated carbocycles. The summed E-state index contributed by atoms with van der Waals surface area (Å²) in [5, 5.41) is 62.9. The summed E-state index contributed by atoms with van der Waals surface area (Å²) in [5.74, 6) is 0.466. The van der Waals surface area contributed by atoms with E-state index in [-0.39, 0.29) is 53.4 Å². The van der Waals surface area contributed by atoms with Gasteiger partial charge in [-0.25, -0.2) is 0 Å². The van der Waals surface area contributed by atoms with Gasteiger partial charge in [0.05, 0.1) is 0 Å². The zero-order chi connectivity index (χ0) is 31.4. The minimum atomic E-state index is -2.32. The van der Waals surface area contributed by atoms with Gasteiger partial charge in [-0.2, -0.15) is 0 Å². The molecule has 6 N–H and O–H groups in total. The van der Waals surface area contributed by atoms with Gasteiger partial charge in [0.15, 0.2) is 43.6 Å². The van der Waals surface area contributed by atoms with Crippen LogP contribution in [-0.4, -0.2) is 59.8 Å². The third-order valence-electron chi connectivity index (χ3n) is 8.41. The van der Waals surface area contributed by atoms with Gasteiger partial charge >= 0.3 is 0 Å². The van der Waals surface area contributed by atoms with Crippen LogP contribution in [0.2, 0.25) is 18.1 Å². The van der Waals surface area contributed by atoms with E-state index in [1.165, 1.54) is 13.7 Å². The second-order valence-electron chi connectivity index (χ2n) is 12.4. The van der Waals surface area contributed by atoms with Crippen LogP contribution in [0.4, 0.5) is 0 Å². The first-order chi connectivity index (χ1) is 19.7. The maximum absolute atomic E-state index is 10.7. The Morgan fingerprint density at radius 1 is 0.548 bits per heavy atom. The first-order valence-corrected chi connectivity index (χ1v) is 17.7. The Hall–Kier alpha value is -3.18. The molecule has 3 heterocycles. The summed E-state index contributed by atoms with van der Waals surface area (Å²) in [5.41, 5.74) is 2.14. The van der Waals surface area contributed by atoms with Crippen LogP contribution in [0, 0.1) is 0 Å². The predicted octanol–water partition coefficient (Wildman–Crippen LogP) is 6.86. The molecule has 0 spiro atoms. The number of aromatic hydroxyl groups is 6. The lowest BCUT2D eigenvalue weighted by atomic mass is 10.2. The van der Waals surface area contributed by atoms with E-state index in [1.807, 2.05) is 41.5 Å². The summed E-state index contributed by atoms with van der Waals surface area (Å²) in [6, 6.07) is 7.23. The molecule has 0 unspecified atom stereocenters. The lowest BCUT2D eigenvalue weighted by Gasteiger charge is -2.30. The van der Waals surface area contributed by atoms with Crippen LogP contribution >= 0.6 is 0 Å². The molecular formula is C31H51N3O7Si. The highest BCUT2D eigenvalue weighted by Crippen LogP contribution is 2.37. The molecule has 42 heavy (non-hydrogen) atoms. The van der Waals surface area contributed by atoms with Gasteiger partial charge in [-0.05, 0) is 98.2 Å². The summed E-state index contributed by atoms with van der Waals surface area (Å²) in [6.07, 6.45) is 4.15. The molecule has 10 nitrogen and oxygen atoms in total. The smallest absolute Gasteiger partial charge is 0.197 e. The van der Waals surface area contributed by atoms with Crippen LogP contribution in [-0.2, 0) is 23.7 Å². The molecule has 0 amide bonds. The fourth-order valence-corrected chi connectivity index (χ4v) is 10.0. The SMILES string of the molecule is CO[Si](CCCc1cc(O)n(C(C)C)c1O)(CCCc1cc(O)n(C(C)C)c1O)CCCc1cc(O)n(C(C)C)c1O. The van der Waals surface area contributed by atoms with Crippen molar-refractivity contribution in [2.75, 3.05) is 7.11 Å². The second-order valence-corrected chi connectivity index (χ2v) is 16.7. The van der Waals surface area contributed by atoms with Gasteiger partial charge in [-0.3, -0.25) is 13.7 Å². The van der Waals surface area contributed by atoms with Crippen molar-refractivity contribution in [1.82, 2.24) is 13.7 Å². The number of nitrogens with zero attached hydrogens (tertiary/aromatic N) is 3. The first kappa shape index (κ1) is 33.3. The van der Waals surface area contributed by atoms with Gasteiger partial charge in [-0.15, -0.1) is 0 Å². The number of aryl methyl sites for hydroxylation is 3. The number of aromatic nitrogens is 3. The highest BCUT2D eigenvalue weighted by molar-refractivity contribution is 6.73. The molecule has 236 valence electrons. The zero-order valence-corrected chi connectivity index (χ0v) is 27.3. The van der Waals surface area contributed by atoms with E-state index in [9.17, 15) is 30.6 Å². The summed E-state index contributed by atoms with van der Waals surface area (Å²) < 4.78 is 10.9. The molecule has 0 fully saturated rings. The molecule has 11 heteroatoms. The molecule has 0 saturated heterocycles. The van der Waals surface area contributed by atoms with Crippen LogP contribution < -0.4 is 0 Å². The van der Waals surface area contributed by atoms with Gasteiger partial charge in [-0.1, -0.05) is 0 Å². The number of hydrogen-bond donors (Lipinski definition) is 6. The highest BCUT2D eigenvalue weighted by Gasteiger charge is 2.33. The van der Waals surface area contributed by atoms with Crippen molar-refractivity contribution in [1.29, 1.82) is 0 Å². The Morgan fingerprint density at radius 2 is 0.810 bits per heavy atom. The Balaban J connectivity index is 1.74. The zero-order valence-electron chi connectivity index (χ0n) is 26.3. The van der Waals surface area contributed by atoms with Crippen LogP contribution in [0.15, 0.2) is 18.2 Å². The Bertz CT molecular complexity index is 1170. The van der Waals surface area contributed by atoms with Crippen molar-refractivity contribution < 1.29 is 35.1 Å². The van der Waals surface area contributed by atoms with Crippen LogP contribution in [0.5, 0.6) is 35.3 Å². The molecule has 3 rings (SSSR count). The van der Waals surface area contributed by atoms with E-state index in [2.05, 4.69) is 0 Å².